The highest BCUT2D eigenvalue weighted by atomic mass is 79.9. The summed E-state index contributed by atoms with van der Waals surface area (Å²) < 4.78 is 37.5. The number of carbonyl (C=O) groups excluding carboxylic acids is 1. The lowest BCUT2D eigenvalue weighted by Gasteiger charge is -2.11. The molecule has 0 aliphatic rings. The maximum Gasteiger partial charge on any atom is 0.417 e. The molecule has 0 radical (unpaired) electrons. The second-order valence-electron chi connectivity index (χ2n) is 3.17. The van der Waals surface area contributed by atoms with Crippen molar-refractivity contribution in [1.82, 2.24) is 5.32 Å². The molecule has 1 amide bonds. The Morgan fingerprint density at radius 2 is 2.06 bits per heavy atom. The predicted octanol–water partition coefficient (Wildman–Crippen LogP) is 2.19. The largest absolute Gasteiger partial charge is 0.417 e. The van der Waals surface area contributed by atoms with Crippen molar-refractivity contribution >= 4 is 21.8 Å². The summed E-state index contributed by atoms with van der Waals surface area (Å²) in [5.74, 6) is -0.656. The molecule has 0 unspecified atom stereocenters. The molecule has 0 aliphatic carbocycles. The van der Waals surface area contributed by atoms with Crippen LogP contribution in [0.2, 0.25) is 0 Å². The molecular weight excluding hydrogens is 303 g/mol. The van der Waals surface area contributed by atoms with Crippen molar-refractivity contribution in [2.24, 2.45) is 0 Å². The molecule has 0 saturated heterocycles. The van der Waals surface area contributed by atoms with Crippen molar-refractivity contribution in [3.8, 4) is 0 Å². The minimum Gasteiger partial charge on any atom is -0.395 e. The van der Waals surface area contributed by atoms with Gasteiger partial charge in [0.05, 0.1) is 12.2 Å². The average molecular weight is 312 g/mol. The van der Waals surface area contributed by atoms with E-state index in [1.807, 2.05) is 0 Å². The van der Waals surface area contributed by atoms with Crippen molar-refractivity contribution in [1.29, 1.82) is 0 Å². The second-order valence-corrected chi connectivity index (χ2v) is 4.03. The van der Waals surface area contributed by atoms with Crippen LogP contribution < -0.4 is 5.32 Å². The van der Waals surface area contributed by atoms with E-state index >= 15 is 0 Å². The lowest BCUT2D eigenvalue weighted by atomic mass is 10.1. The zero-order valence-electron chi connectivity index (χ0n) is 8.51. The molecule has 94 valence electrons. The standard InChI is InChI=1S/C10H9BrF3NO2/c11-8-2-1-6(9(17)15-3-4-16)5-7(8)10(12,13)14/h1-2,5,16H,3-4H2,(H,15,17). The highest BCUT2D eigenvalue weighted by Crippen LogP contribution is 2.35. The lowest BCUT2D eigenvalue weighted by molar-refractivity contribution is -0.138. The minimum absolute atomic E-state index is 0.00372. The van der Waals surface area contributed by atoms with Gasteiger partial charge in [0.1, 0.15) is 0 Å². The first-order valence-electron chi connectivity index (χ1n) is 4.62. The Morgan fingerprint density at radius 1 is 1.41 bits per heavy atom. The van der Waals surface area contributed by atoms with Crippen LogP contribution in [0, 0.1) is 0 Å². The van der Waals surface area contributed by atoms with Crippen LogP contribution in [0.3, 0.4) is 0 Å². The number of aliphatic hydroxyl groups is 1. The summed E-state index contributed by atoms with van der Waals surface area (Å²) in [5.41, 5.74) is -1.01. The maximum atomic E-state index is 12.5. The van der Waals surface area contributed by atoms with Crippen LogP contribution in [0.1, 0.15) is 15.9 Å². The fourth-order valence-corrected chi connectivity index (χ4v) is 1.63. The molecule has 7 heteroatoms. The van der Waals surface area contributed by atoms with E-state index in [1.165, 1.54) is 6.07 Å². The number of hydrogen-bond acceptors (Lipinski definition) is 2. The van der Waals surface area contributed by atoms with Gasteiger partial charge in [-0.3, -0.25) is 4.79 Å². The van der Waals surface area contributed by atoms with E-state index in [0.717, 1.165) is 12.1 Å². The van der Waals surface area contributed by atoms with E-state index in [2.05, 4.69) is 21.2 Å². The highest BCUT2D eigenvalue weighted by molar-refractivity contribution is 9.10. The summed E-state index contributed by atoms with van der Waals surface area (Å²) in [4.78, 5) is 11.4. The van der Waals surface area contributed by atoms with Gasteiger partial charge in [-0.15, -0.1) is 0 Å². The third-order valence-corrected chi connectivity index (χ3v) is 2.62. The van der Waals surface area contributed by atoms with Gasteiger partial charge in [0, 0.05) is 16.6 Å². The van der Waals surface area contributed by atoms with Gasteiger partial charge in [-0.25, -0.2) is 0 Å². The molecule has 0 aliphatic heterocycles. The highest BCUT2D eigenvalue weighted by Gasteiger charge is 2.33. The number of amides is 1. The Labute approximate surface area is 104 Å². The summed E-state index contributed by atoms with van der Waals surface area (Å²) in [6.07, 6.45) is -4.52. The zero-order chi connectivity index (χ0) is 13.1. The molecule has 0 spiro atoms. The summed E-state index contributed by atoms with van der Waals surface area (Å²) in [6, 6.07) is 3.19. The molecule has 2 N–H and O–H groups in total. The first kappa shape index (κ1) is 14.0. The third-order valence-electron chi connectivity index (χ3n) is 1.93. The average Bonchev–Trinajstić information content (AvgIpc) is 2.25. The molecule has 1 rings (SSSR count). The van der Waals surface area contributed by atoms with Gasteiger partial charge in [-0.1, -0.05) is 15.9 Å². The molecule has 1 aromatic rings. The number of rotatable bonds is 3. The molecular formula is C10H9BrF3NO2. The maximum absolute atomic E-state index is 12.5. The molecule has 17 heavy (non-hydrogen) atoms. The van der Waals surface area contributed by atoms with Gasteiger partial charge >= 0.3 is 6.18 Å². The van der Waals surface area contributed by atoms with Crippen LogP contribution in [0.4, 0.5) is 13.2 Å². The Hall–Kier alpha value is -1.08. The first-order valence-corrected chi connectivity index (χ1v) is 5.41. The van der Waals surface area contributed by atoms with Gasteiger partial charge in [-0.05, 0) is 18.2 Å². The molecule has 0 atom stereocenters. The quantitative estimate of drug-likeness (QED) is 0.899. The van der Waals surface area contributed by atoms with Crippen molar-refractivity contribution in [3.05, 3.63) is 33.8 Å². The fourth-order valence-electron chi connectivity index (χ4n) is 1.16. The van der Waals surface area contributed by atoms with Crippen LogP contribution in [-0.2, 0) is 6.18 Å². The minimum atomic E-state index is -4.52. The summed E-state index contributed by atoms with van der Waals surface area (Å²) in [6.45, 7) is -0.273. The van der Waals surface area contributed by atoms with E-state index in [1.54, 1.807) is 0 Å². The van der Waals surface area contributed by atoms with Crippen molar-refractivity contribution in [2.75, 3.05) is 13.2 Å². The van der Waals surface area contributed by atoms with E-state index in [4.69, 9.17) is 5.11 Å². The Balaban J connectivity index is 3.00. The van der Waals surface area contributed by atoms with Gasteiger partial charge in [-0.2, -0.15) is 13.2 Å². The third kappa shape index (κ3) is 3.71. The topological polar surface area (TPSA) is 49.3 Å². The van der Waals surface area contributed by atoms with Crippen LogP contribution in [0.15, 0.2) is 22.7 Å². The molecule has 0 saturated carbocycles. The van der Waals surface area contributed by atoms with Crippen molar-refractivity contribution in [2.45, 2.75) is 6.18 Å². The number of alkyl halides is 3. The summed E-state index contributed by atoms with van der Waals surface area (Å²) in [5, 5.41) is 10.8. The molecule has 0 fully saturated rings. The number of aliphatic hydroxyl groups excluding tert-OH is 1. The summed E-state index contributed by atoms with van der Waals surface area (Å²) in [7, 11) is 0. The van der Waals surface area contributed by atoms with E-state index < -0.39 is 17.6 Å². The van der Waals surface area contributed by atoms with Crippen LogP contribution >= 0.6 is 15.9 Å². The van der Waals surface area contributed by atoms with E-state index in [9.17, 15) is 18.0 Å². The lowest BCUT2D eigenvalue weighted by Crippen LogP contribution is -2.26. The van der Waals surface area contributed by atoms with Crippen LogP contribution in [-0.4, -0.2) is 24.2 Å². The van der Waals surface area contributed by atoms with E-state index in [-0.39, 0.29) is 23.2 Å². The van der Waals surface area contributed by atoms with E-state index in [0.29, 0.717) is 0 Å². The van der Waals surface area contributed by atoms with Gasteiger partial charge in [0.2, 0.25) is 0 Å². The fraction of sp³-hybridized carbons (Fsp3) is 0.300. The normalized spacial score (nSPS) is 11.4. The Bertz CT molecular complexity index is 421. The number of halogens is 4. The van der Waals surface area contributed by atoms with Crippen molar-refractivity contribution in [3.63, 3.8) is 0 Å². The van der Waals surface area contributed by atoms with Crippen molar-refractivity contribution < 1.29 is 23.1 Å². The molecule has 0 bridgehead atoms. The molecule has 3 nitrogen and oxygen atoms in total. The number of carbonyl (C=O) groups is 1. The second kappa shape index (κ2) is 5.50. The summed E-state index contributed by atoms with van der Waals surface area (Å²) >= 11 is 2.78. The number of nitrogens with one attached hydrogen (secondary N) is 1. The number of hydrogen-bond donors (Lipinski definition) is 2. The Kier molecular flexibility index (Phi) is 4.53. The predicted molar refractivity (Wildman–Crippen MR) is 58.6 cm³/mol. The van der Waals surface area contributed by atoms with Gasteiger partial charge < -0.3 is 10.4 Å². The SMILES string of the molecule is O=C(NCCO)c1ccc(Br)c(C(F)(F)F)c1. The molecule has 0 heterocycles. The molecule has 0 aromatic heterocycles. The van der Waals surface area contributed by atoms with Crippen LogP contribution in [0.25, 0.3) is 0 Å². The zero-order valence-corrected chi connectivity index (χ0v) is 10.1. The monoisotopic (exact) mass is 311 g/mol. The smallest absolute Gasteiger partial charge is 0.395 e. The Morgan fingerprint density at radius 3 is 2.59 bits per heavy atom. The van der Waals surface area contributed by atoms with Crippen LogP contribution in [0.5, 0.6) is 0 Å². The van der Waals surface area contributed by atoms with Gasteiger partial charge in [0.25, 0.3) is 5.91 Å². The number of benzene rings is 1. The van der Waals surface area contributed by atoms with Gasteiger partial charge in [0.15, 0.2) is 0 Å². The molecule has 1 aromatic carbocycles. The first-order chi connectivity index (χ1) is 7.86.